The maximum absolute atomic E-state index is 14.8. The van der Waals surface area contributed by atoms with Gasteiger partial charge in [-0.05, 0) is 103 Å². The zero-order chi connectivity index (χ0) is 60.0. The molecule has 16 N–H and O–H groups in total. The number of nitrogens with zero attached hydrogens (tertiary/aromatic N) is 1. The number of amides is 10. The molecule has 82 heavy (non-hydrogen) atoms. The number of hydrogen-bond acceptors (Lipinski definition) is 16. The monoisotopic (exact) mass is 1190 g/mol. The number of carbonyl (C=O) groups excluding carboxylic acids is 10. The number of aliphatic hydroxyl groups is 1. The molecule has 0 radical (unpaired) electrons. The second-order valence-electron chi connectivity index (χ2n) is 19.3. The van der Waals surface area contributed by atoms with Gasteiger partial charge in [0, 0.05) is 54.8 Å². The fourth-order valence-electron chi connectivity index (χ4n) is 8.11. The number of hydrogen-bond donors (Lipinski definition) is 13. The fourth-order valence-corrected chi connectivity index (χ4v) is 10.6. The molecule has 1 aliphatic rings. The maximum Gasteiger partial charge on any atom is 0.269 e. The van der Waals surface area contributed by atoms with Crippen LogP contribution in [0, 0.1) is 0 Å². The molecule has 24 nitrogen and oxygen atoms in total. The average molecular weight is 1190 g/mol. The number of phenolic OH excluding ortho intramolecular Hbond substituents is 2. The Bertz CT molecular complexity index is 2950. The molecule has 1 saturated heterocycles. The Morgan fingerprint density at radius 3 is 1.73 bits per heavy atom. The van der Waals surface area contributed by atoms with Gasteiger partial charge in [-0.2, -0.15) is 0 Å². The molecule has 0 bridgehead atoms. The van der Waals surface area contributed by atoms with Crippen molar-refractivity contribution in [1.29, 1.82) is 0 Å². The minimum atomic E-state index is -1.82. The van der Waals surface area contributed by atoms with E-state index >= 15 is 0 Å². The summed E-state index contributed by atoms with van der Waals surface area (Å²) in [6.07, 6.45) is -2.10. The van der Waals surface area contributed by atoms with E-state index in [1.807, 2.05) is 0 Å². The normalized spacial score (nSPS) is 20.5. The standard InChI is InChI=1S/C55H66ClN11O13S2/c1-29(68)46-55(80)66-45(53(78)62-41(48(59)73)24-33-10-18-37(70)19-11-33)28-82-81-27-44(65-49(74)39(57)23-31-8-16-36(56)17-9-31)54(79)64-43(26-34-12-20-38(71)21-13-34)52(77)63-42(25-32-6-14-35(15-7-32)47(58)72)51(76)61-40(50(75)67-46)5-3-4-22-60-30(2)69/h6-21,29,39-40,42-46,68,70-71H,3-5,22-28,57H2,1-2H3,(H2,58,72)(H2,59,73)(H,60,69)(H,61,76)(H,63,77)(H,64,79)(H,65,74)(H,66,80)(H,67,75)/b62-41+/t29-,39+,40+,42-,43+,44-,45+,46+/m1/s1. The van der Waals surface area contributed by atoms with E-state index in [1.54, 1.807) is 24.3 Å². The highest BCUT2D eigenvalue weighted by molar-refractivity contribution is 8.76. The van der Waals surface area contributed by atoms with Crippen molar-refractivity contribution in [2.75, 3.05) is 18.1 Å². The van der Waals surface area contributed by atoms with Crippen molar-refractivity contribution in [3.8, 4) is 11.5 Å². The quantitative estimate of drug-likeness (QED) is 0.0331. The molecule has 27 heteroatoms. The van der Waals surface area contributed by atoms with Crippen LogP contribution in [0.15, 0.2) is 102 Å². The molecule has 1 heterocycles. The van der Waals surface area contributed by atoms with E-state index in [9.17, 15) is 63.3 Å². The topological polar surface area (TPSA) is 406 Å². The van der Waals surface area contributed by atoms with Crippen molar-refractivity contribution in [3.63, 3.8) is 0 Å². The van der Waals surface area contributed by atoms with Gasteiger partial charge in [-0.25, -0.2) is 4.99 Å². The summed E-state index contributed by atoms with van der Waals surface area (Å²) in [5, 5.41) is 49.7. The van der Waals surface area contributed by atoms with Crippen LogP contribution in [0.4, 0.5) is 0 Å². The van der Waals surface area contributed by atoms with Crippen LogP contribution in [0.3, 0.4) is 0 Å². The van der Waals surface area contributed by atoms with Crippen LogP contribution < -0.4 is 54.4 Å². The summed E-state index contributed by atoms with van der Waals surface area (Å²) in [5.74, 6) is -9.80. The first kappa shape index (κ1) is 64.8. The molecule has 438 valence electrons. The van der Waals surface area contributed by atoms with Crippen LogP contribution >= 0.6 is 33.2 Å². The molecule has 0 aromatic heterocycles. The average Bonchev–Trinajstić information content (AvgIpc) is 3.54. The van der Waals surface area contributed by atoms with Gasteiger partial charge >= 0.3 is 0 Å². The molecular formula is C55H66ClN11O13S2. The molecule has 10 amide bonds. The van der Waals surface area contributed by atoms with Crippen LogP contribution in [-0.2, 0) is 68.8 Å². The summed E-state index contributed by atoms with van der Waals surface area (Å²) in [7, 11) is 1.83. The first-order chi connectivity index (χ1) is 38.9. The lowest BCUT2D eigenvalue weighted by Crippen LogP contribution is -2.61. The van der Waals surface area contributed by atoms with Crippen LogP contribution in [0.25, 0.3) is 0 Å². The highest BCUT2D eigenvalue weighted by atomic mass is 35.5. The summed E-state index contributed by atoms with van der Waals surface area (Å²) in [6, 6.07) is 12.9. The smallest absolute Gasteiger partial charge is 0.269 e. The van der Waals surface area contributed by atoms with Crippen molar-refractivity contribution in [2.45, 2.75) is 107 Å². The van der Waals surface area contributed by atoms with E-state index in [4.69, 9.17) is 28.8 Å². The molecule has 1 fully saturated rings. The first-order valence-corrected chi connectivity index (χ1v) is 28.7. The lowest BCUT2D eigenvalue weighted by atomic mass is 10.00. The number of nitrogens with one attached hydrogen (secondary N) is 7. The zero-order valence-electron chi connectivity index (χ0n) is 44.7. The van der Waals surface area contributed by atoms with Gasteiger partial charge in [-0.15, -0.1) is 0 Å². The number of aliphatic hydroxyl groups excluding tert-OH is 1. The molecule has 0 aliphatic carbocycles. The van der Waals surface area contributed by atoms with Gasteiger partial charge in [0.2, 0.25) is 47.3 Å². The van der Waals surface area contributed by atoms with E-state index < -0.39 is 107 Å². The lowest BCUT2D eigenvalue weighted by Gasteiger charge is -2.29. The fraction of sp³-hybridized carbons (Fsp3) is 0.364. The lowest BCUT2D eigenvalue weighted by molar-refractivity contribution is -0.136. The van der Waals surface area contributed by atoms with E-state index in [0.29, 0.717) is 33.7 Å². The van der Waals surface area contributed by atoms with Gasteiger partial charge in [0.05, 0.1) is 12.1 Å². The van der Waals surface area contributed by atoms with Crippen molar-refractivity contribution < 1.29 is 63.3 Å². The predicted molar refractivity (Wildman–Crippen MR) is 308 cm³/mol. The minimum Gasteiger partial charge on any atom is -0.508 e. The highest BCUT2D eigenvalue weighted by Gasteiger charge is 2.36. The number of carbonyl (C=O) groups is 10. The third-order valence-electron chi connectivity index (χ3n) is 12.7. The molecular weight excluding hydrogens is 1120 g/mol. The van der Waals surface area contributed by atoms with E-state index in [0.717, 1.165) is 21.6 Å². The molecule has 5 rings (SSSR count). The van der Waals surface area contributed by atoms with E-state index in [2.05, 4.69) is 42.2 Å². The number of halogens is 1. The van der Waals surface area contributed by atoms with Crippen molar-refractivity contribution in [3.05, 3.63) is 130 Å². The molecule has 0 unspecified atom stereocenters. The maximum atomic E-state index is 14.8. The number of unbranched alkanes of at least 4 members (excludes halogenated alkanes) is 1. The Hall–Kier alpha value is -8.04. The third-order valence-corrected chi connectivity index (χ3v) is 15.3. The summed E-state index contributed by atoms with van der Waals surface area (Å²) in [5.41, 5.74) is 19.1. The number of rotatable bonds is 19. The molecule has 0 saturated carbocycles. The van der Waals surface area contributed by atoms with Crippen LogP contribution in [0.5, 0.6) is 11.5 Å². The second-order valence-corrected chi connectivity index (χ2v) is 22.2. The summed E-state index contributed by atoms with van der Waals surface area (Å²) in [6.45, 7) is 2.68. The number of aromatic hydroxyl groups is 2. The molecule has 0 spiro atoms. The minimum absolute atomic E-state index is 0.00963. The molecule has 8 atom stereocenters. The SMILES string of the molecule is CC(=O)NCCCC[C@@H]1NC(=O)[C@@H](Cc2ccc(C(N)=O)cc2)NC(=O)[C@H](Cc2ccc(O)cc2)NC(=O)[C@H](NC(=O)[C@@H](N)Cc2ccc(Cl)cc2)CSSC[C@@H](C(=O)/N=C(\Cc2ccc(O)cc2)C(N)=O)NC(=O)[C@H]([C@@H](C)O)NC1=O. The van der Waals surface area contributed by atoms with Gasteiger partial charge < -0.3 is 69.7 Å². The number of nitrogens with two attached hydrogens (primary N) is 3. The first-order valence-electron chi connectivity index (χ1n) is 25.8. The van der Waals surface area contributed by atoms with E-state index in [-0.39, 0.29) is 79.5 Å². The Morgan fingerprint density at radius 1 is 0.671 bits per heavy atom. The number of primary amides is 2. The summed E-state index contributed by atoms with van der Waals surface area (Å²) in [4.78, 5) is 141. The Kier molecular flexibility index (Phi) is 25.1. The Labute approximate surface area is 485 Å². The largest absolute Gasteiger partial charge is 0.508 e. The summed E-state index contributed by atoms with van der Waals surface area (Å²) >= 11 is 6.07. The zero-order valence-corrected chi connectivity index (χ0v) is 47.1. The van der Waals surface area contributed by atoms with Gasteiger partial charge in [-0.1, -0.05) is 81.7 Å². The van der Waals surface area contributed by atoms with Crippen LogP contribution in [0.2, 0.25) is 5.02 Å². The van der Waals surface area contributed by atoms with Crippen molar-refractivity contribution >= 4 is 98.0 Å². The third kappa shape index (κ3) is 21.1. The number of aliphatic imine (C=N–C) groups is 1. The Balaban J connectivity index is 1.60. The van der Waals surface area contributed by atoms with Gasteiger partial charge in [0.1, 0.15) is 53.5 Å². The van der Waals surface area contributed by atoms with Crippen LogP contribution in [0.1, 0.15) is 65.7 Å². The van der Waals surface area contributed by atoms with Gasteiger partial charge in [-0.3, -0.25) is 47.9 Å². The number of phenols is 2. The molecule has 1 aliphatic heterocycles. The van der Waals surface area contributed by atoms with Crippen molar-refractivity contribution in [1.82, 2.24) is 37.2 Å². The van der Waals surface area contributed by atoms with Crippen LogP contribution in [-0.4, -0.2) is 147 Å². The Morgan fingerprint density at radius 2 is 1.18 bits per heavy atom. The van der Waals surface area contributed by atoms with Gasteiger partial charge in [0.15, 0.2) is 0 Å². The summed E-state index contributed by atoms with van der Waals surface area (Å²) < 4.78 is 0. The highest BCUT2D eigenvalue weighted by Crippen LogP contribution is 2.25. The van der Waals surface area contributed by atoms with Crippen molar-refractivity contribution in [2.24, 2.45) is 22.2 Å². The molecule has 4 aromatic carbocycles. The van der Waals surface area contributed by atoms with Gasteiger partial charge in [0.25, 0.3) is 11.8 Å². The van der Waals surface area contributed by atoms with E-state index in [1.165, 1.54) is 86.6 Å². The number of benzene rings is 4. The predicted octanol–water partition coefficient (Wildman–Crippen LogP) is -0.108. The molecule has 4 aromatic rings. The second kappa shape index (κ2) is 31.8.